The van der Waals surface area contributed by atoms with Crippen molar-refractivity contribution in [3.63, 3.8) is 0 Å². The highest BCUT2D eigenvalue weighted by molar-refractivity contribution is 7.92. The average molecular weight is 551 g/mol. The van der Waals surface area contributed by atoms with E-state index < -0.39 is 22.5 Å². The summed E-state index contributed by atoms with van der Waals surface area (Å²) >= 11 is 6.12. The number of nitrogens with one attached hydrogen (secondary N) is 1. The van der Waals surface area contributed by atoms with Crippen LogP contribution in [0.2, 0.25) is 5.02 Å². The number of para-hydroxylation sites is 1. The highest BCUT2D eigenvalue weighted by Gasteiger charge is 2.27. The number of hydrogen-bond donors (Lipinski definition) is 1. The first-order valence-electron chi connectivity index (χ1n) is 11.9. The summed E-state index contributed by atoms with van der Waals surface area (Å²) in [6.45, 7) is 1.87. The second-order valence-electron chi connectivity index (χ2n) is 8.34. The van der Waals surface area contributed by atoms with Gasteiger partial charge in [-0.25, -0.2) is 8.42 Å². The fraction of sp³-hybridized carbons (Fsp3) is 0.138. The van der Waals surface area contributed by atoms with Crippen molar-refractivity contribution in [3.8, 4) is 17.2 Å². The molecule has 4 aromatic rings. The molecule has 0 aromatic heterocycles. The molecule has 0 radical (unpaired) electrons. The summed E-state index contributed by atoms with van der Waals surface area (Å²) in [6.07, 6.45) is 0. The van der Waals surface area contributed by atoms with Crippen LogP contribution in [0.4, 0.5) is 5.69 Å². The van der Waals surface area contributed by atoms with Gasteiger partial charge in [-0.2, -0.15) is 0 Å². The van der Waals surface area contributed by atoms with Crippen LogP contribution in [0.5, 0.6) is 17.2 Å². The number of hydrogen-bond acceptors (Lipinski definition) is 5. The van der Waals surface area contributed by atoms with E-state index in [1.807, 2.05) is 43.3 Å². The summed E-state index contributed by atoms with van der Waals surface area (Å²) in [7, 11) is -4.02. The van der Waals surface area contributed by atoms with E-state index in [0.717, 1.165) is 9.87 Å². The van der Waals surface area contributed by atoms with Gasteiger partial charge in [-0.15, -0.1) is 0 Å². The van der Waals surface area contributed by atoms with Crippen LogP contribution in [-0.4, -0.2) is 34.0 Å². The maximum absolute atomic E-state index is 13.5. The largest absolute Gasteiger partial charge is 0.492 e. The fourth-order valence-corrected chi connectivity index (χ4v) is 5.16. The molecule has 0 atom stereocenters. The van der Waals surface area contributed by atoms with Crippen LogP contribution in [0.15, 0.2) is 108 Å². The van der Waals surface area contributed by atoms with Crippen LogP contribution >= 0.6 is 11.6 Å². The molecule has 0 saturated heterocycles. The number of carbonyl (C=O) groups is 1. The van der Waals surface area contributed by atoms with Crippen LogP contribution < -0.4 is 19.1 Å². The monoisotopic (exact) mass is 550 g/mol. The average Bonchev–Trinajstić information content (AvgIpc) is 2.93. The number of amides is 1. The second-order valence-corrected chi connectivity index (χ2v) is 10.6. The standard InChI is InChI=1S/C29H27ClN2O5S/c1-22-12-15-26(20-28(22)30)36-19-18-31-29(33)21-32(38(34,35)27-10-6-3-7-11-27)23-13-16-25(17-14-23)37-24-8-4-2-5-9-24/h2-17,20H,18-19,21H2,1H3,(H,31,33). The number of anilines is 1. The van der Waals surface area contributed by atoms with Crippen molar-refractivity contribution in [2.45, 2.75) is 11.8 Å². The number of benzene rings is 4. The predicted molar refractivity (Wildman–Crippen MR) is 149 cm³/mol. The first-order chi connectivity index (χ1) is 18.3. The lowest BCUT2D eigenvalue weighted by Crippen LogP contribution is -2.41. The van der Waals surface area contributed by atoms with Crippen molar-refractivity contribution in [3.05, 3.63) is 114 Å². The van der Waals surface area contributed by atoms with Gasteiger partial charge in [0.05, 0.1) is 17.1 Å². The van der Waals surface area contributed by atoms with E-state index in [2.05, 4.69) is 5.32 Å². The Hall–Kier alpha value is -4.01. The Labute approximate surface area is 227 Å². The zero-order valence-electron chi connectivity index (χ0n) is 20.7. The van der Waals surface area contributed by atoms with Gasteiger partial charge in [0.25, 0.3) is 10.0 Å². The third-order valence-electron chi connectivity index (χ3n) is 5.56. The molecule has 7 nitrogen and oxygen atoms in total. The van der Waals surface area contributed by atoms with Crippen molar-refractivity contribution in [1.29, 1.82) is 0 Å². The summed E-state index contributed by atoms with van der Waals surface area (Å²) in [6, 6.07) is 29.1. The van der Waals surface area contributed by atoms with E-state index in [9.17, 15) is 13.2 Å². The van der Waals surface area contributed by atoms with Crippen LogP contribution in [0.3, 0.4) is 0 Å². The SMILES string of the molecule is Cc1ccc(OCCNC(=O)CN(c2ccc(Oc3ccccc3)cc2)S(=O)(=O)c2ccccc2)cc1Cl. The molecular formula is C29H27ClN2O5S. The van der Waals surface area contributed by atoms with E-state index in [-0.39, 0.29) is 18.0 Å². The lowest BCUT2D eigenvalue weighted by molar-refractivity contribution is -0.119. The molecule has 0 spiro atoms. The topological polar surface area (TPSA) is 84.9 Å². The summed E-state index contributed by atoms with van der Waals surface area (Å²) in [5.74, 6) is 1.30. The van der Waals surface area contributed by atoms with Gasteiger partial charge in [-0.3, -0.25) is 9.10 Å². The Morgan fingerprint density at radius 1 is 0.842 bits per heavy atom. The summed E-state index contributed by atoms with van der Waals surface area (Å²) in [5.41, 5.74) is 1.27. The molecule has 0 saturated carbocycles. The van der Waals surface area contributed by atoms with E-state index in [1.165, 1.54) is 12.1 Å². The molecule has 0 bridgehead atoms. The third-order valence-corrected chi connectivity index (χ3v) is 7.75. The lowest BCUT2D eigenvalue weighted by Gasteiger charge is -2.24. The highest BCUT2D eigenvalue weighted by atomic mass is 35.5. The molecule has 9 heteroatoms. The number of carbonyl (C=O) groups excluding carboxylic acids is 1. The van der Waals surface area contributed by atoms with Crippen LogP contribution in [0.1, 0.15) is 5.56 Å². The molecule has 38 heavy (non-hydrogen) atoms. The van der Waals surface area contributed by atoms with E-state index in [1.54, 1.807) is 54.6 Å². The molecule has 0 heterocycles. The predicted octanol–water partition coefficient (Wildman–Crippen LogP) is 5.83. The van der Waals surface area contributed by atoms with E-state index >= 15 is 0 Å². The van der Waals surface area contributed by atoms with Crippen molar-refractivity contribution < 1.29 is 22.7 Å². The Morgan fingerprint density at radius 3 is 2.11 bits per heavy atom. The number of nitrogens with zero attached hydrogens (tertiary/aromatic N) is 1. The molecular weight excluding hydrogens is 524 g/mol. The minimum atomic E-state index is -4.02. The third kappa shape index (κ3) is 7.06. The first kappa shape index (κ1) is 27.0. The maximum atomic E-state index is 13.5. The molecule has 4 rings (SSSR count). The van der Waals surface area contributed by atoms with Crippen molar-refractivity contribution in [2.75, 3.05) is 24.0 Å². The number of rotatable bonds is 11. The number of ether oxygens (including phenoxy) is 2. The second kappa shape index (κ2) is 12.5. The molecule has 1 N–H and O–H groups in total. The normalized spacial score (nSPS) is 11.0. The molecule has 1 amide bonds. The van der Waals surface area contributed by atoms with Gasteiger partial charge in [0.1, 0.15) is 30.4 Å². The summed E-state index contributed by atoms with van der Waals surface area (Å²) in [4.78, 5) is 12.9. The molecule has 4 aromatic carbocycles. The minimum Gasteiger partial charge on any atom is -0.492 e. The highest BCUT2D eigenvalue weighted by Crippen LogP contribution is 2.28. The van der Waals surface area contributed by atoms with Gasteiger partial charge in [-0.05, 0) is 73.2 Å². The summed E-state index contributed by atoms with van der Waals surface area (Å²) in [5, 5.41) is 3.31. The number of halogens is 1. The van der Waals surface area contributed by atoms with Gasteiger partial charge in [-0.1, -0.05) is 54.1 Å². The number of aryl methyl sites for hydroxylation is 1. The zero-order chi connectivity index (χ0) is 27.0. The van der Waals surface area contributed by atoms with Gasteiger partial charge >= 0.3 is 0 Å². The Balaban J connectivity index is 1.45. The molecule has 196 valence electrons. The number of sulfonamides is 1. The van der Waals surface area contributed by atoms with Gasteiger partial charge in [0, 0.05) is 5.02 Å². The van der Waals surface area contributed by atoms with Crippen LogP contribution in [0, 0.1) is 6.92 Å². The van der Waals surface area contributed by atoms with Crippen LogP contribution in [0.25, 0.3) is 0 Å². The van der Waals surface area contributed by atoms with Crippen molar-refractivity contribution in [2.24, 2.45) is 0 Å². The Kier molecular flexibility index (Phi) is 8.89. The molecule has 0 aliphatic carbocycles. The first-order valence-corrected chi connectivity index (χ1v) is 13.7. The fourth-order valence-electron chi connectivity index (χ4n) is 3.55. The molecule has 0 aliphatic rings. The van der Waals surface area contributed by atoms with Gasteiger partial charge in [0.2, 0.25) is 5.91 Å². The Morgan fingerprint density at radius 2 is 1.45 bits per heavy atom. The molecule has 0 unspecified atom stereocenters. The van der Waals surface area contributed by atoms with E-state index in [4.69, 9.17) is 21.1 Å². The van der Waals surface area contributed by atoms with Crippen LogP contribution in [-0.2, 0) is 14.8 Å². The smallest absolute Gasteiger partial charge is 0.264 e. The quantitative estimate of drug-likeness (QED) is 0.237. The van der Waals surface area contributed by atoms with E-state index in [0.29, 0.717) is 28.0 Å². The Bertz CT molecular complexity index is 1460. The minimum absolute atomic E-state index is 0.0806. The maximum Gasteiger partial charge on any atom is 0.264 e. The zero-order valence-corrected chi connectivity index (χ0v) is 22.3. The lowest BCUT2D eigenvalue weighted by atomic mass is 10.2. The van der Waals surface area contributed by atoms with Gasteiger partial charge in [0.15, 0.2) is 0 Å². The molecule has 0 aliphatic heterocycles. The van der Waals surface area contributed by atoms with Crippen molar-refractivity contribution >= 4 is 33.2 Å². The summed E-state index contributed by atoms with van der Waals surface area (Å²) < 4.78 is 39.5. The van der Waals surface area contributed by atoms with Gasteiger partial charge < -0.3 is 14.8 Å². The molecule has 0 fully saturated rings. The van der Waals surface area contributed by atoms with Crippen molar-refractivity contribution in [1.82, 2.24) is 5.32 Å².